The minimum absolute atomic E-state index is 0.134. The van der Waals surface area contributed by atoms with Crippen LogP contribution in [0.5, 0.6) is 0 Å². The van der Waals surface area contributed by atoms with Crippen molar-refractivity contribution >= 4 is 21.7 Å². The molecule has 0 saturated heterocycles. The summed E-state index contributed by atoms with van der Waals surface area (Å²) in [4.78, 5) is 0.166. The lowest BCUT2D eigenvalue weighted by atomic mass is 9.97. The standard InChI is InChI=1S/C10H11ClO3S/c11-8-4-6-10(7-5-8)15(12,13)14-9-2-1-3-9/h4-7,9H,1-3H2. The van der Waals surface area contributed by atoms with Crippen LogP contribution in [-0.4, -0.2) is 14.5 Å². The Morgan fingerprint density at radius 3 is 2.27 bits per heavy atom. The summed E-state index contributed by atoms with van der Waals surface area (Å²) in [7, 11) is -3.60. The first-order chi connectivity index (χ1) is 7.08. The fourth-order valence-electron chi connectivity index (χ4n) is 1.30. The van der Waals surface area contributed by atoms with Gasteiger partial charge < -0.3 is 0 Å². The molecule has 1 aliphatic rings. The first-order valence-corrected chi connectivity index (χ1v) is 6.55. The van der Waals surface area contributed by atoms with E-state index >= 15 is 0 Å². The van der Waals surface area contributed by atoms with Crippen molar-refractivity contribution in [3.8, 4) is 0 Å². The molecule has 2 rings (SSSR count). The molecular formula is C10H11ClO3S. The van der Waals surface area contributed by atoms with Crippen molar-refractivity contribution < 1.29 is 12.6 Å². The Hall–Kier alpha value is -0.580. The lowest BCUT2D eigenvalue weighted by molar-refractivity contribution is 0.127. The Labute approximate surface area is 94.1 Å². The summed E-state index contributed by atoms with van der Waals surface area (Å²) >= 11 is 5.67. The van der Waals surface area contributed by atoms with E-state index in [0.29, 0.717) is 5.02 Å². The largest absolute Gasteiger partial charge is 0.297 e. The molecule has 0 aromatic heterocycles. The lowest BCUT2D eigenvalue weighted by Crippen LogP contribution is -2.25. The molecule has 0 aliphatic heterocycles. The highest BCUT2D eigenvalue weighted by Gasteiger charge is 2.26. The van der Waals surface area contributed by atoms with Crippen LogP contribution in [0.2, 0.25) is 5.02 Å². The first kappa shape index (κ1) is 10.9. The molecule has 5 heteroatoms. The average molecular weight is 247 g/mol. The van der Waals surface area contributed by atoms with Gasteiger partial charge in [-0.15, -0.1) is 0 Å². The van der Waals surface area contributed by atoms with E-state index in [9.17, 15) is 8.42 Å². The third kappa shape index (κ3) is 2.51. The number of rotatable bonds is 3. The predicted molar refractivity (Wildman–Crippen MR) is 57.4 cm³/mol. The second-order valence-electron chi connectivity index (χ2n) is 3.56. The Bertz CT molecular complexity index is 434. The van der Waals surface area contributed by atoms with Gasteiger partial charge in [0.15, 0.2) is 0 Å². The molecular weight excluding hydrogens is 236 g/mol. The Kier molecular flexibility index (Phi) is 3.00. The van der Waals surface area contributed by atoms with E-state index in [2.05, 4.69) is 0 Å². The van der Waals surface area contributed by atoms with Crippen molar-refractivity contribution in [3.05, 3.63) is 29.3 Å². The van der Waals surface area contributed by atoms with Gasteiger partial charge in [0, 0.05) is 5.02 Å². The molecule has 82 valence electrons. The summed E-state index contributed by atoms with van der Waals surface area (Å²) in [6, 6.07) is 5.99. The first-order valence-electron chi connectivity index (χ1n) is 4.77. The summed E-state index contributed by atoms with van der Waals surface area (Å²) in [5, 5.41) is 0.512. The van der Waals surface area contributed by atoms with Crippen LogP contribution in [0.4, 0.5) is 0 Å². The molecule has 1 fully saturated rings. The molecule has 0 heterocycles. The Balaban J connectivity index is 2.17. The van der Waals surface area contributed by atoms with Crippen LogP contribution in [0.25, 0.3) is 0 Å². The van der Waals surface area contributed by atoms with Gasteiger partial charge in [0.05, 0.1) is 11.0 Å². The fourth-order valence-corrected chi connectivity index (χ4v) is 2.56. The number of hydrogen-bond donors (Lipinski definition) is 0. The molecule has 0 amide bonds. The molecule has 0 radical (unpaired) electrons. The molecule has 0 atom stereocenters. The van der Waals surface area contributed by atoms with Crippen LogP contribution in [0.15, 0.2) is 29.2 Å². The smallest absolute Gasteiger partial charge is 0.263 e. The predicted octanol–water partition coefficient (Wildman–Crippen LogP) is 2.60. The van der Waals surface area contributed by atoms with Gasteiger partial charge in [-0.3, -0.25) is 4.18 Å². The molecule has 1 saturated carbocycles. The minimum Gasteiger partial charge on any atom is -0.263 e. The summed E-state index contributed by atoms with van der Waals surface area (Å²) in [6.07, 6.45) is 2.56. The van der Waals surface area contributed by atoms with Crippen molar-refractivity contribution in [2.75, 3.05) is 0 Å². The maximum atomic E-state index is 11.7. The van der Waals surface area contributed by atoms with E-state index in [4.69, 9.17) is 15.8 Å². The lowest BCUT2D eigenvalue weighted by Gasteiger charge is -2.24. The van der Waals surface area contributed by atoms with Crippen LogP contribution in [0, 0.1) is 0 Å². The molecule has 0 bridgehead atoms. The normalized spacial score (nSPS) is 17.4. The maximum Gasteiger partial charge on any atom is 0.297 e. The highest BCUT2D eigenvalue weighted by atomic mass is 35.5. The zero-order valence-corrected chi connectivity index (χ0v) is 9.59. The van der Waals surface area contributed by atoms with Gasteiger partial charge in [0.1, 0.15) is 0 Å². The Morgan fingerprint density at radius 2 is 1.80 bits per heavy atom. The van der Waals surface area contributed by atoms with Crippen molar-refractivity contribution in [3.63, 3.8) is 0 Å². The molecule has 3 nitrogen and oxygen atoms in total. The molecule has 1 aliphatic carbocycles. The molecule has 15 heavy (non-hydrogen) atoms. The van der Waals surface area contributed by atoms with Crippen LogP contribution >= 0.6 is 11.6 Å². The topological polar surface area (TPSA) is 43.4 Å². The molecule has 1 aromatic carbocycles. The van der Waals surface area contributed by atoms with E-state index in [1.807, 2.05) is 0 Å². The van der Waals surface area contributed by atoms with Crippen LogP contribution in [-0.2, 0) is 14.3 Å². The number of hydrogen-bond acceptors (Lipinski definition) is 3. The van der Waals surface area contributed by atoms with Gasteiger partial charge in [-0.2, -0.15) is 8.42 Å². The summed E-state index contributed by atoms with van der Waals surface area (Å²) < 4.78 is 28.4. The van der Waals surface area contributed by atoms with Crippen molar-refractivity contribution in [2.24, 2.45) is 0 Å². The molecule has 0 unspecified atom stereocenters. The van der Waals surface area contributed by atoms with Gasteiger partial charge in [-0.25, -0.2) is 0 Å². The van der Waals surface area contributed by atoms with Gasteiger partial charge in [0.25, 0.3) is 10.1 Å². The van der Waals surface area contributed by atoms with E-state index in [1.165, 1.54) is 12.1 Å². The Morgan fingerprint density at radius 1 is 1.20 bits per heavy atom. The highest BCUT2D eigenvalue weighted by Crippen LogP contribution is 2.26. The van der Waals surface area contributed by atoms with Gasteiger partial charge in [0.2, 0.25) is 0 Å². The maximum absolute atomic E-state index is 11.7. The summed E-state index contributed by atoms with van der Waals surface area (Å²) in [6.45, 7) is 0. The molecule has 0 spiro atoms. The third-order valence-electron chi connectivity index (χ3n) is 2.42. The van der Waals surface area contributed by atoms with E-state index in [1.54, 1.807) is 12.1 Å². The van der Waals surface area contributed by atoms with Gasteiger partial charge in [-0.1, -0.05) is 11.6 Å². The number of halogens is 1. The van der Waals surface area contributed by atoms with Gasteiger partial charge in [-0.05, 0) is 43.5 Å². The second kappa shape index (κ2) is 4.12. The van der Waals surface area contributed by atoms with Crippen LogP contribution in [0.1, 0.15) is 19.3 Å². The molecule has 1 aromatic rings. The summed E-state index contributed by atoms with van der Waals surface area (Å²) in [5.74, 6) is 0. The van der Waals surface area contributed by atoms with Gasteiger partial charge >= 0.3 is 0 Å². The highest BCUT2D eigenvalue weighted by molar-refractivity contribution is 7.86. The van der Waals surface area contributed by atoms with Crippen molar-refractivity contribution in [2.45, 2.75) is 30.3 Å². The van der Waals surface area contributed by atoms with E-state index in [-0.39, 0.29) is 11.0 Å². The minimum atomic E-state index is -3.60. The SMILES string of the molecule is O=S(=O)(OC1CCC1)c1ccc(Cl)cc1. The zero-order valence-electron chi connectivity index (χ0n) is 8.02. The van der Waals surface area contributed by atoms with E-state index < -0.39 is 10.1 Å². The van der Waals surface area contributed by atoms with E-state index in [0.717, 1.165) is 19.3 Å². The quantitative estimate of drug-likeness (QED) is 0.770. The zero-order chi connectivity index (χ0) is 10.9. The van der Waals surface area contributed by atoms with Crippen molar-refractivity contribution in [1.82, 2.24) is 0 Å². The summed E-state index contributed by atoms with van der Waals surface area (Å²) in [5.41, 5.74) is 0. The third-order valence-corrected chi connectivity index (χ3v) is 4.04. The fraction of sp³-hybridized carbons (Fsp3) is 0.400. The van der Waals surface area contributed by atoms with Crippen LogP contribution < -0.4 is 0 Å². The van der Waals surface area contributed by atoms with Crippen LogP contribution in [0.3, 0.4) is 0 Å². The van der Waals surface area contributed by atoms with Crippen molar-refractivity contribution in [1.29, 1.82) is 0 Å². The monoisotopic (exact) mass is 246 g/mol. The second-order valence-corrected chi connectivity index (χ2v) is 5.57. The average Bonchev–Trinajstić information content (AvgIpc) is 2.13. The molecule has 0 N–H and O–H groups in total. The number of benzene rings is 1.